The van der Waals surface area contributed by atoms with Crippen molar-refractivity contribution in [1.29, 1.82) is 0 Å². The van der Waals surface area contributed by atoms with Crippen molar-refractivity contribution in [2.45, 2.75) is 0 Å². The van der Waals surface area contributed by atoms with Crippen LogP contribution in [-0.4, -0.2) is 62.2 Å². The molecule has 0 N–H and O–H groups in total. The third kappa shape index (κ3) is 2.82. The van der Waals surface area contributed by atoms with Gasteiger partial charge in [-0.05, 0) is 28.6 Å². The second kappa shape index (κ2) is 6.72. The van der Waals surface area contributed by atoms with Crippen LogP contribution in [0.5, 0.6) is 0 Å². The van der Waals surface area contributed by atoms with Crippen LogP contribution in [0.2, 0.25) is 5.02 Å². The van der Waals surface area contributed by atoms with Crippen LogP contribution in [0.15, 0.2) is 48.5 Å². The van der Waals surface area contributed by atoms with E-state index in [0.717, 1.165) is 16.6 Å². The van der Waals surface area contributed by atoms with Crippen molar-refractivity contribution < 1.29 is 4.79 Å². The summed E-state index contributed by atoms with van der Waals surface area (Å²) in [6.45, 7) is 2.57. The lowest BCUT2D eigenvalue weighted by Crippen LogP contribution is -2.49. The number of fused-ring (bicyclic) bond motifs is 3. The van der Waals surface area contributed by atoms with E-state index in [2.05, 4.69) is 25.5 Å². The topological polar surface area (TPSA) is 79.5 Å². The summed E-state index contributed by atoms with van der Waals surface area (Å²) in [5.41, 5.74) is 1.24. The first-order valence-corrected chi connectivity index (χ1v) is 9.35. The van der Waals surface area contributed by atoms with Crippen LogP contribution in [0, 0.1) is 0 Å². The maximum Gasteiger partial charge on any atom is 0.254 e. The molecule has 0 saturated carbocycles. The highest BCUT2D eigenvalue weighted by molar-refractivity contribution is 6.30. The number of amides is 1. The van der Waals surface area contributed by atoms with Crippen LogP contribution in [0.4, 0.5) is 5.82 Å². The van der Waals surface area contributed by atoms with E-state index in [1.807, 2.05) is 29.2 Å². The second-order valence-corrected chi connectivity index (χ2v) is 7.09. The van der Waals surface area contributed by atoms with E-state index >= 15 is 0 Å². The molecule has 8 nitrogen and oxygen atoms in total. The molecule has 9 heteroatoms. The number of hydrogen-bond donors (Lipinski definition) is 0. The highest BCUT2D eigenvalue weighted by atomic mass is 35.5. The van der Waals surface area contributed by atoms with Crippen LogP contribution in [0.25, 0.3) is 16.4 Å². The van der Waals surface area contributed by atoms with Crippen LogP contribution in [0.1, 0.15) is 10.4 Å². The quantitative estimate of drug-likeness (QED) is 0.520. The lowest BCUT2D eigenvalue weighted by molar-refractivity contribution is 0.0746. The van der Waals surface area contributed by atoms with Gasteiger partial charge in [-0.25, -0.2) is 0 Å². The molecule has 4 aromatic rings. The number of carbonyl (C=O) groups is 1. The Labute approximate surface area is 165 Å². The van der Waals surface area contributed by atoms with Gasteiger partial charge in [0, 0.05) is 47.5 Å². The van der Waals surface area contributed by atoms with Crippen LogP contribution in [-0.2, 0) is 0 Å². The fourth-order valence-electron chi connectivity index (χ4n) is 3.59. The van der Waals surface area contributed by atoms with E-state index in [1.165, 1.54) is 4.63 Å². The molecule has 1 aliphatic rings. The Morgan fingerprint density at radius 2 is 1.75 bits per heavy atom. The van der Waals surface area contributed by atoms with Crippen LogP contribution in [0.3, 0.4) is 0 Å². The largest absolute Gasteiger partial charge is 0.351 e. The average Bonchev–Trinajstić information content (AvgIpc) is 3.22. The summed E-state index contributed by atoms with van der Waals surface area (Å²) >= 11 is 6.02. The summed E-state index contributed by atoms with van der Waals surface area (Å²) in [6.07, 6.45) is 0. The van der Waals surface area contributed by atoms with Crippen molar-refractivity contribution in [3.05, 3.63) is 59.1 Å². The van der Waals surface area contributed by atoms with Crippen molar-refractivity contribution >= 4 is 39.7 Å². The third-order valence-corrected chi connectivity index (χ3v) is 5.23. The minimum Gasteiger partial charge on any atom is -0.351 e. The van der Waals surface area contributed by atoms with Crippen molar-refractivity contribution in [3.8, 4) is 0 Å². The molecule has 0 atom stereocenters. The highest BCUT2D eigenvalue weighted by Crippen LogP contribution is 2.27. The monoisotopic (exact) mass is 393 g/mol. The first kappa shape index (κ1) is 16.9. The van der Waals surface area contributed by atoms with Gasteiger partial charge in [-0.1, -0.05) is 41.9 Å². The molecule has 3 heterocycles. The average molecular weight is 394 g/mol. The lowest BCUT2D eigenvalue weighted by Gasteiger charge is -2.35. The zero-order chi connectivity index (χ0) is 19.1. The molecule has 0 aliphatic carbocycles. The van der Waals surface area contributed by atoms with Gasteiger partial charge in [0.15, 0.2) is 5.82 Å². The highest BCUT2D eigenvalue weighted by Gasteiger charge is 2.25. The van der Waals surface area contributed by atoms with Crippen LogP contribution >= 0.6 is 11.6 Å². The third-order valence-electron chi connectivity index (χ3n) is 4.99. The molecule has 0 bridgehead atoms. The van der Waals surface area contributed by atoms with Gasteiger partial charge in [0.25, 0.3) is 5.91 Å². The fourth-order valence-corrected chi connectivity index (χ4v) is 3.78. The number of anilines is 1. The molecule has 2 aromatic heterocycles. The Morgan fingerprint density at radius 1 is 0.964 bits per heavy atom. The molecule has 5 rings (SSSR count). The van der Waals surface area contributed by atoms with Gasteiger partial charge in [-0.2, -0.15) is 0 Å². The molecule has 140 valence electrons. The standard InChI is InChI=1S/C19H16ClN7O/c20-14-5-3-4-13(12-14)19(28)26-10-8-25(9-11-26)18-16-7-2-1-6-15(16)17-21-23-24-27(17)22-18/h1-7,12H,8-11H2. The number of piperazine rings is 1. The van der Waals surface area contributed by atoms with Gasteiger partial charge < -0.3 is 9.80 Å². The maximum absolute atomic E-state index is 12.8. The SMILES string of the molecule is O=C(c1cccc(Cl)c1)N1CCN(c2nn3nnnc3c3ccccc23)CC1. The first-order chi connectivity index (χ1) is 13.7. The van der Waals surface area contributed by atoms with E-state index < -0.39 is 0 Å². The zero-order valence-corrected chi connectivity index (χ0v) is 15.6. The smallest absolute Gasteiger partial charge is 0.254 e. The van der Waals surface area contributed by atoms with E-state index in [4.69, 9.17) is 11.6 Å². The van der Waals surface area contributed by atoms with E-state index in [1.54, 1.807) is 24.3 Å². The van der Waals surface area contributed by atoms with Crippen molar-refractivity contribution in [1.82, 2.24) is 30.2 Å². The number of aromatic nitrogens is 5. The zero-order valence-electron chi connectivity index (χ0n) is 14.9. The molecule has 1 fully saturated rings. The fraction of sp³-hybridized carbons (Fsp3) is 0.211. The molecular weight excluding hydrogens is 378 g/mol. The Morgan fingerprint density at radius 3 is 2.54 bits per heavy atom. The lowest BCUT2D eigenvalue weighted by atomic mass is 10.1. The Balaban J connectivity index is 1.42. The van der Waals surface area contributed by atoms with Gasteiger partial charge >= 0.3 is 0 Å². The number of rotatable bonds is 2. The molecule has 0 spiro atoms. The second-order valence-electron chi connectivity index (χ2n) is 6.65. The Kier molecular flexibility index (Phi) is 4.05. The Bertz CT molecular complexity index is 1180. The predicted molar refractivity (Wildman–Crippen MR) is 106 cm³/mol. The molecule has 1 saturated heterocycles. The number of tetrazole rings is 1. The van der Waals surface area contributed by atoms with Gasteiger partial charge in [-0.3, -0.25) is 4.79 Å². The molecular formula is C19H16ClN7O. The summed E-state index contributed by atoms with van der Waals surface area (Å²) in [6, 6.07) is 15.0. The van der Waals surface area contributed by atoms with Gasteiger partial charge in [0.2, 0.25) is 5.65 Å². The van der Waals surface area contributed by atoms with E-state index in [9.17, 15) is 4.79 Å². The summed E-state index contributed by atoms with van der Waals surface area (Å²) in [5, 5.41) is 18.9. The molecule has 1 amide bonds. The normalized spacial score (nSPS) is 14.8. The molecule has 1 aliphatic heterocycles. The number of halogens is 1. The van der Waals surface area contributed by atoms with E-state index in [-0.39, 0.29) is 5.91 Å². The van der Waals surface area contributed by atoms with Gasteiger partial charge in [0.05, 0.1) is 0 Å². The van der Waals surface area contributed by atoms with Crippen molar-refractivity contribution in [2.24, 2.45) is 0 Å². The van der Waals surface area contributed by atoms with E-state index in [0.29, 0.717) is 42.4 Å². The number of carbonyl (C=O) groups excluding carboxylic acids is 1. The summed E-state index contributed by atoms with van der Waals surface area (Å²) < 4.78 is 1.46. The van der Waals surface area contributed by atoms with Crippen molar-refractivity contribution in [2.75, 3.05) is 31.1 Å². The number of benzene rings is 2. The maximum atomic E-state index is 12.8. The first-order valence-electron chi connectivity index (χ1n) is 8.97. The molecule has 0 unspecified atom stereocenters. The minimum absolute atomic E-state index is 0.00380. The van der Waals surface area contributed by atoms with Crippen LogP contribution < -0.4 is 4.90 Å². The molecule has 2 aromatic carbocycles. The number of hydrogen-bond acceptors (Lipinski definition) is 6. The minimum atomic E-state index is -0.00380. The predicted octanol–water partition coefficient (Wildman–Crippen LogP) is 2.29. The summed E-state index contributed by atoms with van der Waals surface area (Å²) in [4.78, 5) is 16.8. The van der Waals surface area contributed by atoms with Gasteiger partial charge in [-0.15, -0.1) is 14.8 Å². The molecule has 28 heavy (non-hydrogen) atoms. The molecule has 0 radical (unpaired) electrons. The summed E-state index contributed by atoms with van der Waals surface area (Å²) in [7, 11) is 0. The number of nitrogens with zero attached hydrogens (tertiary/aromatic N) is 7. The summed E-state index contributed by atoms with van der Waals surface area (Å²) in [5.74, 6) is 0.821. The van der Waals surface area contributed by atoms with Crippen molar-refractivity contribution in [3.63, 3.8) is 0 Å². The Hall–Kier alpha value is -3.26. The van der Waals surface area contributed by atoms with Gasteiger partial charge in [0.1, 0.15) is 0 Å².